The second-order valence-corrected chi connectivity index (χ2v) is 8.34. The standard InChI is InChI=1S/C21H18ClFN4O3S/c22-13-6-8-16(9-7-13)30-12-18(28)27-10-2-5-17(27)20-25-26-21(31-20)19(29)24-15-4-1-3-14(23)11-15/h1,3-4,6-9,11,17H,2,5,10,12H2,(H,24,29). The predicted octanol–water partition coefficient (Wildman–Crippen LogP) is 4.33. The van der Waals surface area contributed by atoms with Crippen molar-refractivity contribution in [1.82, 2.24) is 15.1 Å². The van der Waals surface area contributed by atoms with Gasteiger partial charge in [0.1, 0.15) is 16.6 Å². The number of halogens is 2. The summed E-state index contributed by atoms with van der Waals surface area (Å²) in [6, 6.07) is 12.1. The minimum atomic E-state index is -0.476. The molecule has 1 aromatic heterocycles. The monoisotopic (exact) mass is 460 g/mol. The Labute approximate surface area is 186 Å². The van der Waals surface area contributed by atoms with Crippen molar-refractivity contribution in [3.63, 3.8) is 0 Å². The maximum absolute atomic E-state index is 13.3. The average Bonchev–Trinajstić information content (AvgIpc) is 3.43. The number of carbonyl (C=O) groups excluding carboxylic acids is 2. The number of likely N-dealkylation sites (tertiary alicyclic amines) is 1. The van der Waals surface area contributed by atoms with Gasteiger partial charge in [0.15, 0.2) is 6.61 Å². The Balaban J connectivity index is 1.39. The Morgan fingerprint density at radius 1 is 1.23 bits per heavy atom. The Morgan fingerprint density at radius 2 is 2.03 bits per heavy atom. The first-order valence-corrected chi connectivity index (χ1v) is 10.8. The first-order valence-electron chi connectivity index (χ1n) is 9.58. The van der Waals surface area contributed by atoms with E-state index in [-0.39, 0.29) is 23.6 Å². The van der Waals surface area contributed by atoms with E-state index >= 15 is 0 Å². The zero-order chi connectivity index (χ0) is 21.8. The van der Waals surface area contributed by atoms with Crippen molar-refractivity contribution in [3.8, 4) is 5.75 Å². The Kier molecular flexibility index (Phi) is 6.43. The van der Waals surface area contributed by atoms with Crippen LogP contribution < -0.4 is 10.1 Å². The lowest BCUT2D eigenvalue weighted by Gasteiger charge is -2.22. The third-order valence-electron chi connectivity index (χ3n) is 4.75. The molecule has 0 spiro atoms. The SMILES string of the molecule is O=C(Nc1cccc(F)c1)c1nnc(C2CCCN2C(=O)COc2ccc(Cl)cc2)s1. The number of rotatable bonds is 6. The molecular formula is C21H18ClFN4O3S. The van der Waals surface area contributed by atoms with Crippen molar-refractivity contribution >= 4 is 40.4 Å². The summed E-state index contributed by atoms with van der Waals surface area (Å²) in [7, 11) is 0. The fourth-order valence-corrected chi connectivity index (χ4v) is 4.30. The molecule has 0 aliphatic carbocycles. The van der Waals surface area contributed by atoms with Crippen LogP contribution in [0, 0.1) is 5.82 Å². The third kappa shape index (κ3) is 5.18. The lowest BCUT2D eigenvalue weighted by molar-refractivity contribution is -0.134. The molecule has 31 heavy (non-hydrogen) atoms. The van der Waals surface area contributed by atoms with Crippen LogP contribution in [0.5, 0.6) is 5.75 Å². The van der Waals surface area contributed by atoms with Crippen molar-refractivity contribution in [2.45, 2.75) is 18.9 Å². The second kappa shape index (κ2) is 9.40. The molecule has 0 saturated carbocycles. The van der Waals surface area contributed by atoms with Gasteiger partial charge >= 0.3 is 0 Å². The highest BCUT2D eigenvalue weighted by atomic mass is 35.5. The quantitative estimate of drug-likeness (QED) is 0.592. The van der Waals surface area contributed by atoms with Gasteiger partial charge < -0.3 is 15.0 Å². The van der Waals surface area contributed by atoms with Crippen LogP contribution in [0.1, 0.15) is 33.7 Å². The Bertz CT molecular complexity index is 1090. The van der Waals surface area contributed by atoms with Crippen LogP contribution in [-0.2, 0) is 4.79 Å². The fourth-order valence-electron chi connectivity index (χ4n) is 3.29. The van der Waals surface area contributed by atoms with Crippen LogP contribution in [0.2, 0.25) is 5.02 Å². The molecule has 160 valence electrons. The molecule has 1 fully saturated rings. The zero-order valence-corrected chi connectivity index (χ0v) is 17.8. The molecular weight excluding hydrogens is 443 g/mol. The Morgan fingerprint density at radius 3 is 2.81 bits per heavy atom. The molecule has 0 radical (unpaired) electrons. The molecule has 10 heteroatoms. The predicted molar refractivity (Wildman–Crippen MR) is 115 cm³/mol. The highest BCUT2D eigenvalue weighted by molar-refractivity contribution is 7.13. The number of nitrogens with one attached hydrogen (secondary N) is 1. The van der Waals surface area contributed by atoms with Crippen molar-refractivity contribution < 1.29 is 18.7 Å². The summed E-state index contributed by atoms with van der Waals surface area (Å²) in [5, 5.41) is 12.0. The van der Waals surface area contributed by atoms with Gasteiger partial charge in [-0.2, -0.15) is 0 Å². The largest absolute Gasteiger partial charge is 0.484 e. The van der Waals surface area contributed by atoms with Crippen molar-refractivity contribution in [2.24, 2.45) is 0 Å². The molecule has 1 N–H and O–H groups in total. The highest BCUT2D eigenvalue weighted by Crippen LogP contribution is 2.34. The molecule has 2 aromatic carbocycles. The van der Waals surface area contributed by atoms with E-state index in [4.69, 9.17) is 16.3 Å². The van der Waals surface area contributed by atoms with Gasteiger partial charge in [-0.25, -0.2) is 4.39 Å². The van der Waals surface area contributed by atoms with Crippen molar-refractivity contribution in [2.75, 3.05) is 18.5 Å². The maximum Gasteiger partial charge on any atom is 0.286 e. The minimum absolute atomic E-state index is 0.107. The summed E-state index contributed by atoms with van der Waals surface area (Å²) < 4.78 is 18.9. The lowest BCUT2D eigenvalue weighted by atomic mass is 10.2. The van der Waals surface area contributed by atoms with E-state index in [1.165, 1.54) is 18.2 Å². The summed E-state index contributed by atoms with van der Waals surface area (Å²) in [5.74, 6) is -0.535. The van der Waals surface area contributed by atoms with Gasteiger partial charge in [-0.15, -0.1) is 10.2 Å². The van der Waals surface area contributed by atoms with Gasteiger partial charge in [0.05, 0.1) is 6.04 Å². The molecule has 1 atom stereocenters. The molecule has 2 amide bonds. The van der Waals surface area contributed by atoms with Crippen LogP contribution >= 0.6 is 22.9 Å². The van der Waals surface area contributed by atoms with Gasteiger partial charge in [0.2, 0.25) is 5.01 Å². The normalized spacial score (nSPS) is 15.7. The number of nitrogens with zero attached hydrogens (tertiary/aromatic N) is 3. The maximum atomic E-state index is 13.3. The minimum Gasteiger partial charge on any atom is -0.484 e. The van der Waals surface area contributed by atoms with Gasteiger partial charge in [0, 0.05) is 17.3 Å². The number of ether oxygens (including phenoxy) is 1. The van der Waals surface area contributed by atoms with E-state index in [0.29, 0.717) is 28.0 Å². The molecule has 1 aliphatic heterocycles. The van der Waals surface area contributed by atoms with E-state index in [0.717, 1.165) is 24.2 Å². The number of benzene rings is 2. The van der Waals surface area contributed by atoms with E-state index < -0.39 is 11.7 Å². The average molecular weight is 461 g/mol. The van der Waals surface area contributed by atoms with Crippen LogP contribution in [0.4, 0.5) is 10.1 Å². The first kappa shape index (κ1) is 21.2. The first-order chi connectivity index (χ1) is 15.0. The molecule has 2 heterocycles. The lowest BCUT2D eigenvalue weighted by Crippen LogP contribution is -2.34. The van der Waals surface area contributed by atoms with E-state index in [1.807, 2.05) is 0 Å². The number of carbonyl (C=O) groups is 2. The van der Waals surface area contributed by atoms with Crippen LogP contribution in [0.3, 0.4) is 0 Å². The molecule has 7 nitrogen and oxygen atoms in total. The molecule has 1 saturated heterocycles. The molecule has 4 rings (SSSR count). The summed E-state index contributed by atoms with van der Waals surface area (Å²) in [6.45, 7) is 0.474. The van der Waals surface area contributed by atoms with Crippen LogP contribution in [0.15, 0.2) is 48.5 Å². The fraction of sp³-hybridized carbons (Fsp3) is 0.238. The number of anilines is 1. The van der Waals surface area contributed by atoms with Crippen LogP contribution in [-0.4, -0.2) is 40.1 Å². The second-order valence-electron chi connectivity index (χ2n) is 6.90. The third-order valence-corrected chi connectivity index (χ3v) is 6.03. The van der Waals surface area contributed by atoms with Gasteiger partial charge in [-0.3, -0.25) is 9.59 Å². The van der Waals surface area contributed by atoms with E-state index in [1.54, 1.807) is 35.2 Å². The van der Waals surface area contributed by atoms with Crippen molar-refractivity contribution in [3.05, 3.63) is 69.4 Å². The molecule has 3 aromatic rings. The van der Waals surface area contributed by atoms with Gasteiger partial charge in [-0.05, 0) is 55.3 Å². The Hall–Kier alpha value is -3.04. The molecule has 1 unspecified atom stereocenters. The number of hydrogen-bond donors (Lipinski definition) is 1. The highest BCUT2D eigenvalue weighted by Gasteiger charge is 2.33. The smallest absolute Gasteiger partial charge is 0.286 e. The molecule has 0 bridgehead atoms. The van der Waals surface area contributed by atoms with Crippen molar-refractivity contribution in [1.29, 1.82) is 0 Å². The summed E-state index contributed by atoms with van der Waals surface area (Å²) in [5.41, 5.74) is 0.332. The van der Waals surface area contributed by atoms with E-state index in [2.05, 4.69) is 15.5 Å². The number of hydrogen-bond acceptors (Lipinski definition) is 6. The summed E-state index contributed by atoms with van der Waals surface area (Å²) >= 11 is 6.98. The van der Waals surface area contributed by atoms with Gasteiger partial charge in [0.25, 0.3) is 11.8 Å². The summed E-state index contributed by atoms with van der Waals surface area (Å²) in [4.78, 5) is 26.8. The zero-order valence-electron chi connectivity index (χ0n) is 16.3. The van der Waals surface area contributed by atoms with Gasteiger partial charge in [-0.1, -0.05) is 29.0 Å². The van der Waals surface area contributed by atoms with Crippen LogP contribution in [0.25, 0.3) is 0 Å². The topological polar surface area (TPSA) is 84.4 Å². The number of aromatic nitrogens is 2. The number of amides is 2. The van der Waals surface area contributed by atoms with E-state index in [9.17, 15) is 14.0 Å². The summed E-state index contributed by atoms with van der Waals surface area (Å²) in [6.07, 6.45) is 1.55. The molecule has 1 aliphatic rings.